The largest absolute Gasteiger partial charge is 1.00 e. The molecule has 0 fully saturated rings. The number of amides is 2. The molecule has 0 heterocycles. The average molecular weight is 324 g/mol. The van der Waals surface area contributed by atoms with Crippen LogP contribution >= 0.6 is 0 Å². The van der Waals surface area contributed by atoms with Gasteiger partial charge in [-0.1, -0.05) is 20.3 Å². The number of alkyl carbamates (subject to hydrolysis) is 1. The molecule has 7 nitrogen and oxygen atoms in total. The fourth-order valence-electron chi connectivity index (χ4n) is 1.50. The van der Waals surface area contributed by atoms with Gasteiger partial charge in [0, 0.05) is 0 Å². The molecule has 2 amide bonds. The Morgan fingerprint density at radius 1 is 1.14 bits per heavy atom. The Balaban J connectivity index is 0. The van der Waals surface area contributed by atoms with Gasteiger partial charge in [-0.3, -0.25) is 4.79 Å². The number of hydrogen-bond acceptors (Lipinski definition) is 5. The van der Waals surface area contributed by atoms with Gasteiger partial charge >= 0.3 is 35.7 Å². The molecule has 122 valence electrons. The Hall–Kier alpha value is -0.790. The average Bonchev–Trinajstić information content (AvgIpc) is 2.32. The van der Waals surface area contributed by atoms with E-state index >= 15 is 0 Å². The summed E-state index contributed by atoms with van der Waals surface area (Å²) in [4.78, 5) is 34.5. The van der Waals surface area contributed by atoms with Crippen LogP contribution in [-0.4, -0.2) is 35.7 Å². The van der Waals surface area contributed by atoms with Crippen molar-refractivity contribution < 1.29 is 53.8 Å². The molecule has 0 rings (SSSR count). The van der Waals surface area contributed by atoms with Gasteiger partial charge in [-0.15, -0.1) is 0 Å². The number of rotatable bonds is 6. The van der Waals surface area contributed by atoms with Gasteiger partial charge in [-0.05, 0) is 33.6 Å². The second kappa shape index (κ2) is 10.1. The van der Waals surface area contributed by atoms with Gasteiger partial charge in [-0.2, -0.15) is 0 Å². The first-order chi connectivity index (χ1) is 9.47. The van der Waals surface area contributed by atoms with E-state index in [0.717, 1.165) is 0 Å². The van der Waals surface area contributed by atoms with Gasteiger partial charge in [-0.25, -0.2) is 4.79 Å². The van der Waals surface area contributed by atoms with Crippen molar-refractivity contribution >= 4 is 18.0 Å². The van der Waals surface area contributed by atoms with Crippen molar-refractivity contribution in [2.45, 2.75) is 65.6 Å². The number of carbonyl (C=O) groups is 3. The third-order valence-corrected chi connectivity index (χ3v) is 2.88. The second-order valence-corrected chi connectivity index (χ2v) is 6.06. The molecule has 2 N–H and O–H groups in total. The summed E-state index contributed by atoms with van der Waals surface area (Å²) in [6, 6.07) is -2.00. The summed E-state index contributed by atoms with van der Waals surface area (Å²) in [6.07, 6.45) is -0.0859. The van der Waals surface area contributed by atoms with E-state index in [9.17, 15) is 19.5 Å². The molecule has 0 unspecified atom stereocenters. The van der Waals surface area contributed by atoms with E-state index in [2.05, 4.69) is 10.6 Å². The minimum Gasteiger partial charge on any atom is -0.548 e. The smallest absolute Gasteiger partial charge is 0.548 e. The van der Waals surface area contributed by atoms with E-state index in [1.54, 1.807) is 27.7 Å². The Labute approximate surface area is 153 Å². The Kier molecular flexibility index (Phi) is 10.7. The molecule has 0 radical (unpaired) electrons. The molecule has 3 atom stereocenters. The quantitative estimate of drug-likeness (QED) is 0.513. The van der Waals surface area contributed by atoms with Crippen molar-refractivity contribution in [1.29, 1.82) is 0 Å². The molecule has 0 aromatic rings. The minimum absolute atomic E-state index is 0. The Morgan fingerprint density at radius 3 is 2.00 bits per heavy atom. The van der Waals surface area contributed by atoms with Gasteiger partial charge in [0.25, 0.3) is 0 Å². The molecule has 8 heteroatoms. The fourth-order valence-corrected chi connectivity index (χ4v) is 1.50. The van der Waals surface area contributed by atoms with Crippen LogP contribution in [0.5, 0.6) is 0 Å². The SMILES string of the molecule is CC[C@H](C)[C@H](NC(=O)OC(C)(C)C)C(=O)N[C@@H](C)C(=O)[O-].[Na+]. The molecule has 0 saturated carbocycles. The van der Waals surface area contributed by atoms with Gasteiger partial charge in [0.05, 0.1) is 12.0 Å². The van der Waals surface area contributed by atoms with Crippen LogP contribution in [0.2, 0.25) is 0 Å². The normalized spacial score (nSPS) is 14.8. The first-order valence-corrected chi connectivity index (χ1v) is 6.98. The van der Waals surface area contributed by atoms with E-state index in [1.165, 1.54) is 6.92 Å². The Morgan fingerprint density at radius 2 is 1.64 bits per heavy atom. The van der Waals surface area contributed by atoms with Gasteiger partial charge < -0.3 is 25.3 Å². The molecule has 0 aliphatic carbocycles. The molecule has 0 saturated heterocycles. The number of carboxylic acids is 1. The molecular formula is C14H25N2NaO5. The summed E-state index contributed by atoms with van der Waals surface area (Å²) in [7, 11) is 0. The van der Waals surface area contributed by atoms with Crippen LogP contribution in [0.4, 0.5) is 4.79 Å². The van der Waals surface area contributed by atoms with Crippen molar-refractivity contribution in [2.75, 3.05) is 0 Å². The maximum atomic E-state index is 12.1. The third-order valence-electron chi connectivity index (χ3n) is 2.88. The van der Waals surface area contributed by atoms with Crippen LogP contribution in [-0.2, 0) is 14.3 Å². The summed E-state index contributed by atoms with van der Waals surface area (Å²) in [5.41, 5.74) is -0.682. The van der Waals surface area contributed by atoms with Crippen LogP contribution in [0.15, 0.2) is 0 Å². The van der Waals surface area contributed by atoms with Crippen molar-refractivity contribution in [2.24, 2.45) is 5.92 Å². The zero-order valence-corrected chi connectivity index (χ0v) is 16.5. The predicted octanol–water partition coefficient (Wildman–Crippen LogP) is -2.82. The summed E-state index contributed by atoms with van der Waals surface area (Å²) in [5, 5.41) is 15.4. The molecule has 0 bridgehead atoms. The number of aliphatic carboxylic acids is 1. The van der Waals surface area contributed by atoms with E-state index in [1.807, 2.05) is 6.92 Å². The van der Waals surface area contributed by atoms with Crippen molar-refractivity contribution in [3.05, 3.63) is 0 Å². The third kappa shape index (κ3) is 9.27. The van der Waals surface area contributed by atoms with E-state index in [4.69, 9.17) is 4.74 Å². The zero-order chi connectivity index (χ0) is 16.8. The number of carbonyl (C=O) groups excluding carboxylic acids is 3. The maximum Gasteiger partial charge on any atom is 1.00 e. The summed E-state index contributed by atoms with van der Waals surface area (Å²) < 4.78 is 5.11. The molecule has 0 aromatic carbocycles. The zero-order valence-electron chi connectivity index (χ0n) is 14.5. The molecule has 0 aromatic heterocycles. The van der Waals surface area contributed by atoms with Crippen LogP contribution in [0, 0.1) is 5.92 Å². The van der Waals surface area contributed by atoms with Crippen LogP contribution in [0.1, 0.15) is 48.0 Å². The second-order valence-electron chi connectivity index (χ2n) is 6.06. The Bertz CT molecular complexity index is 395. The first kappa shape index (κ1) is 23.5. The number of carboxylic acid groups (broad SMARTS) is 1. The molecule has 0 aliphatic rings. The first-order valence-electron chi connectivity index (χ1n) is 6.98. The summed E-state index contributed by atoms with van der Waals surface area (Å²) in [5.74, 6) is -2.14. The molecule has 22 heavy (non-hydrogen) atoms. The van der Waals surface area contributed by atoms with E-state index < -0.39 is 35.7 Å². The monoisotopic (exact) mass is 324 g/mol. The molecule has 0 aliphatic heterocycles. The summed E-state index contributed by atoms with van der Waals surface area (Å²) >= 11 is 0. The topological polar surface area (TPSA) is 108 Å². The van der Waals surface area contributed by atoms with E-state index in [-0.39, 0.29) is 35.5 Å². The number of ether oxygens (including phenoxy) is 1. The maximum absolute atomic E-state index is 12.1. The van der Waals surface area contributed by atoms with Crippen LogP contribution in [0.3, 0.4) is 0 Å². The fraction of sp³-hybridized carbons (Fsp3) is 0.786. The van der Waals surface area contributed by atoms with Crippen LogP contribution < -0.4 is 45.3 Å². The standard InChI is InChI=1S/C14H26N2O5.Na/c1-7-8(2)10(11(17)15-9(3)12(18)19)16-13(20)21-14(4,5)6;/h8-10H,7H2,1-6H3,(H,15,17)(H,16,20)(H,18,19);/q;+1/p-1/t8-,9-,10-;/m0./s1. The van der Waals surface area contributed by atoms with Crippen molar-refractivity contribution in [3.63, 3.8) is 0 Å². The summed E-state index contributed by atoms with van der Waals surface area (Å²) in [6.45, 7) is 10.1. The van der Waals surface area contributed by atoms with Crippen molar-refractivity contribution in [3.8, 4) is 0 Å². The number of nitrogens with one attached hydrogen (secondary N) is 2. The van der Waals surface area contributed by atoms with Crippen molar-refractivity contribution in [1.82, 2.24) is 10.6 Å². The minimum atomic E-state index is -1.39. The van der Waals surface area contributed by atoms with Gasteiger partial charge in [0.2, 0.25) is 5.91 Å². The van der Waals surface area contributed by atoms with E-state index in [0.29, 0.717) is 6.42 Å². The van der Waals surface area contributed by atoms with Crippen LogP contribution in [0.25, 0.3) is 0 Å². The molecular weight excluding hydrogens is 299 g/mol. The van der Waals surface area contributed by atoms with Gasteiger partial charge in [0.15, 0.2) is 0 Å². The predicted molar refractivity (Wildman–Crippen MR) is 75.2 cm³/mol. The molecule has 0 spiro atoms. The van der Waals surface area contributed by atoms with Gasteiger partial charge in [0.1, 0.15) is 11.6 Å². The number of hydrogen-bond donors (Lipinski definition) is 2.